The number of nitrogens with zero attached hydrogens (tertiary/aromatic N) is 1. The lowest BCUT2D eigenvalue weighted by atomic mass is 10.1. The molecule has 0 aliphatic heterocycles. The highest BCUT2D eigenvalue weighted by Gasteiger charge is 2.29. The second kappa shape index (κ2) is 5.05. The SMILES string of the molecule is CC(C)CCCn1ccc(C(N)C2CC2)c1. The second-order valence-electron chi connectivity index (χ2n) is 5.58. The quantitative estimate of drug-likeness (QED) is 0.783. The van der Waals surface area contributed by atoms with E-state index in [0.29, 0.717) is 0 Å². The van der Waals surface area contributed by atoms with E-state index in [1.165, 1.54) is 31.2 Å². The van der Waals surface area contributed by atoms with Crippen LogP contribution in [0, 0.1) is 11.8 Å². The zero-order valence-corrected chi connectivity index (χ0v) is 10.5. The third kappa shape index (κ3) is 3.11. The van der Waals surface area contributed by atoms with Crippen molar-refractivity contribution in [1.29, 1.82) is 0 Å². The van der Waals surface area contributed by atoms with Crippen LogP contribution in [0.15, 0.2) is 18.5 Å². The van der Waals surface area contributed by atoms with Gasteiger partial charge in [-0.05, 0) is 49.1 Å². The van der Waals surface area contributed by atoms with Crippen molar-refractivity contribution in [3.05, 3.63) is 24.0 Å². The van der Waals surface area contributed by atoms with E-state index in [-0.39, 0.29) is 6.04 Å². The summed E-state index contributed by atoms with van der Waals surface area (Å²) in [5.41, 5.74) is 7.50. The van der Waals surface area contributed by atoms with Crippen molar-refractivity contribution >= 4 is 0 Å². The van der Waals surface area contributed by atoms with Crippen LogP contribution >= 0.6 is 0 Å². The van der Waals surface area contributed by atoms with Crippen molar-refractivity contribution < 1.29 is 0 Å². The Kier molecular flexibility index (Phi) is 3.70. The van der Waals surface area contributed by atoms with Crippen LogP contribution in [0.4, 0.5) is 0 Å². The predicted molar refractivity (Wildman–Crippen MR) is 68.2 cm³/mol. The van der Waals surface area contributed by atoms with Gasteiger partial charge in [-0.25, -0.2) is 0 Å². The van der Waals surface area contributed by atoms with Gasteiger partial charge < -0.3 is 10.3 Å². The molecule has 1 aliphatic rings. The van der Waals surface area contributed by atoms with Crippen LogP contribution in [0.3, 0.4) is 0 Å². The fourth-order valence-corrected chi connectivity index (χ4v) is 2.21. The summed E-state index contributed by atoms with van der Waals surface area (Å²) in [4.78, 5) is 0. The van der Waals surface area contributed by atoms with Gasteiger partial charge in [0, 0.05) is 25.0 Å². The molecule has 1 unspecified atom stereocenters. The van der Waals surface area contributed by atoms with Crippen molar-refractivity contribution in [2.75, 3.05) is 0 Å². The van der Waals surface area contributed by atoms with Crippen LogP contribution in [0.5, 0.6) is 0 Å². The Labute approximate surface area is 98.8 Å². The number of hydrogen-bond acceptors (Lipinski definition) is 1. The Bertz CT molecular complexity index is 323. The van der Waals surface area contributed by atoms with E-state index < -0.39 is 0 Å². The van der Waals surface area contributed by atoms with Gasteiger partial charge in [0.05, 0.1) is 0 Å². The minimum Gasteiger partial charge on any atom is -0.354 e. The number of aromatic nitrogens is 1. The maximum Gasteiger partial charge on any atom is 0.0338 e. The van der Waals surface area contributed by atoms with Gasteiger partial charge in [0.1, 0.15) is 0 Å². The molecule has 0 radical (unpaired) electrons. The van der Waals surface area contributed by atoms with E-state index in [0.717, 1.165) is 18.4 Å². The van der Waals surface area contributed by atoms with Crippen molar-refractivity contribution in [2.45, 2.75) is 52.1 Å². The number of aryl methyl sites for hydroxylation is 1. The highest BCUT2D eigenvalue weighted by atomic mass is 14.9. The van der Waals surface area contributed by atoms with Gasteiger partial charge >= 0.3 is 0 Å². The average Bonchev–Trinajstić information content (AvgIpc) is 2.97. The maximum atomic E-state index is 6.18. The molecule has 1 aliphatic carbocycles. The largest absolute Gasteiger partial charge is 0.354 e. The molecule has 0 spiro atoms. The van der Waals surface area contributed by atoms with Gasteiger partial charge in [-0.3, -0.25) is 0 Å². The molecule has 16 heavy (non-hydrogen) atoms. The summed E-state index contributed by atoms with van der Waals surface area (Å²) >= 11 is 0. The fraction of sp³-hybridized carbons (Fsp3) is 0.714. The minimum absolute atomic E-state index is 0.284. The Morgan fingerprint density at radius 1 is 1.44 bits per heavy atom. The van der Waals surface area contributed by atoms with Gasteiger partial charge in [-0.15, -0.1) is 0 Å². The molecule has 2 rings (SSSR count). The van der Waals surface area contributed by atoms with E-state index in [2.05, 4.69) is 36.9 Å². The summed E-state index contributed by atoms with van der Waals surface area (Å²) in [5, 5.41) is 0. The first-order valence-electron chi connectivity index (χ1n) is 6.58. The molecule has 1 aromatic heterocycles. The Morgan fingerprint density at radius 2 is 2.19 bits per heavy atom. The first-order chi connectivity index (χ1) is 7.66. The Balaban J connectivity index is 1.82. The fourth-order valence-electron chi connectivity index (χ4n) is 2.21. The third-order valence-corrected chi connectivity index (χ3v) is 3.49. The monoisotopic (exact) mass is 220 g/mol. The van der Waals surface area contributed by atoms with Crippen LogP contribution in [0.2, 0.25) is 0 Å². The van der Waals surface area contributed by atoms with Crippen LogP contribution in [0.25, 0.3) is 0 Å². The van der Waals surface area contributed by atoms with Crippen molar-refractivity contribution in [3.8, 4) is 0 Å². The van der Waals surface area contributed by atoms with Crippen molar-refractivity contribution in [1.82, 2.24) is 4.57 Å². The zero-order valence-electron chi connectivity index (χ0n) is 10.5. The molecule has 1 aromatic rings. The van der Waals surface area contributed by atoms with Crippen LogP contribution < -0.4 is 5.73 Å². The summed E-state index contributed by atoms with van der Waals surface area (Å²) < 4.78 is 2.29. The molecule has 1 saturated carbocycles. The standard InChI is InChI=1S/C14H24N2/c1-11(2)4-3-8-16-9-7-13(10-16)14(15)12-5-6-12/h7,9-12,14H,3-6,8,15H2,1-2H3. The molecule has 2 N–H and O–H groups in total. The van der Waals surface area contributed by atoms with E-state index in [9.17, 15) is 0 Å². The molecule has 90 valence electrons. The lowest BCUT2D eigenvalue weighted by Gasteiger charge is -2.08. The molecule has 1 fully saturated rings. The molecule has 0 aromatic carbocycles. The van der Waals surface area contributed by atoms with Crippen LogP contribution in [-0.2, 0) is 6.54 Å². The Hall–Kier alpha value is -0.760. The second-order valence-corrected chi connectivity index (χ2v) is 5.58. The summed E-state index contributed by atoms with van der Waals surface area (Å²) in [6, 6.07) is 2.48. The van der Waals surface area contributed by atoms with Gasteiger partial charge in [-0.2, -0.15) is 0 Å². The normalized spacial score (nSPS) is 18.0. The number of nitrogens with two attached hydrogens (primary N) is 1. The Morgan fingerprint density at radius 3 is 2.81 bits per heavy atom. The first-order valence-corrected chi connectivity index (χ1v) is 6.58. The molecule has 2 heteroatoms. The van der Waals surface area contributed by atoms with Crippen molar-refractivity contribution in [3.63, 3.8) is 0 Å². The van der Waals surface area contributed by atoms with E-state index >= 15 is 0 Å². The summed E-state index contributed by atoms with van der Waals surface area (Å²) in [6.45, 7) is 5.70. The number of rotatable bonds is 6. The zero-order chi connectivity index (χ0) is 11.5. The molecular weight excluding hydrogens is 196 g/mol. The summed E-state index contributed by atoms with van der Waals surface area (Å²) in [5.74, 6) is 1.57. The van der Waals surface area contributed by atoms with Gasteiger partial charge in [0.15, 0.2) is 0 Å². The molecule has 0 bridgehead atoms. The maximum absolute atomic E-state index is 6.18. The summed E-state index contributed by atoms with van der Waals surface area (Å²) in [7, 11) is 0. The average molecular weight is 220 g/mol. The highest BCUT2D eigenvalue weighted by molar-refractivity contribution is 5.17. The molecule has 0 saturated heterocycles. The van der Waals surface area contributed by atoms with Crippen molar-refractivity contribution in [2.24, 2.45) is 17.6 Å². The third-order valence-electron chi connectivity index (χ3n) is 3.49. The van der Waals surface area contributed by atoms with E-state index in [1.54, 1.807) is 0 Å². The topological polar surface area (TPSA) is 30.9 Å². The van der Waals surface area contributed by atoms with E-state index in [1.807, 2.05) is 0 Å². The number of hydrogen-bond donors (Lipinski definition) is 1. The van der Waals surface area contributed by atoms with E-state index in [4.69, 9.17) is 5.73 Å². The lowest BCUT2D eigenvalue weighted by molar-refractivity contribution is 0.511. The summed E-state index contributed by atoms with van der Waals surface area (Å²) in [6.07, 6.45) is 9.63. The first kappa shape index (κ1) is 11.7. The van der Waals surface area contributed by atoms with Gasteiger partial charge in [0.25, 0.3) is 0 Å². The molecule has 1 atom stereocenters. The van der Waals surface area contributed by atoms with Gasteiger partial charge in [0.2, 0.25) is 0 Å². The van der Waals surface area contributed by atoms with Crippen LogP contribution in [0.1, 0.15) is 51.1 Å². The molecule has 0 amide bonds. The minimum atomic E-state index is 0.284. The highest BCUT2D eigenvalue weighted by Crippen LogP contribution is 2.39. The predicted octanol–water partition coefficient (Wildman–Crippen LogP) is 3.33. The van der Waals surface area contributed by atoms with Gasteiger partial charge in [-0.1, -0.05) is 13.8 Å². The smallest absolute Gasteiger partial charge is 0.0338 e. The van der Waals surface area contributed by atoms with Crippen LogP contribution in [-0.4, -0.2) is 4.57 Å². The molecular formula is C14H24N2. The molecule has 2 nitrogen and oxygen atoms in total. The molecule has 1 heterocycles. The lowest BCUT2D eigenvalue weighted by Crippen LogP contribution is -2.11.